The average Bonchev–Trinajstić information content (AvgIpc) is 3.27. The van der Waals surface area contributed by atoms with Gasteiger partial charge in [-0.15, -0.1) is 5.10 Å². The highest BCUT2D eigenvalue weighted by Crippen LogP contribution is 2.42. The topological polar surface area (TPSA) is 115 Å². The van der Waals surface area contributed by atoms with Gasteiger partial charge in [0.05, 0.1) is 14.2 Å². The molecular weight excluding hydrogens is 368 g/mol. The monoisotopic (exact) mass is 388 g/mol. The van der Waals surface area contributed by atoms with Crippen LogP contribution in [0, 0.1) is 6.92 Å². The summed E-state index contributed by atoms with van der Waals surface area (Å²) in [5, 5.41) is 12.3. The Hall–Kier alpha value is -3.56. The number of carbonyl (C=O) groups excluding carboxylic acids is 2. The highest BCUT2D eigenvalue weighted by atomic mass is 16.6. The first kappa shape index (κ1) is 19.2. The van der Waals surface area contributed by atoms with Gasteiger partial charge in [-0.25, -0.2) is 0 Å². The molecule has 1 aromatic heterocycles. The first-order valence-corrected chi connectivity index (χ1v) is 8.35. The van der Waals surface area contributed by atoms with E-state index in [0.717, 1.165) is 5.69 Å². The van der Waals surface area contributed by atoms with Gasteiger partial charge in [-0.2, -0.15) is 10.1 Å². The lowest BCUT2D eigenvalue weighted by molar-refractivity contribution is -0.135. The average molecular weight is 388 g/mol. The molecule has 1 aliphatic heterocycles. The van der Waals surface area contributed by atoms with Crippen molar-refractivity contribution < 1.29 is 28.5 Å². The zero-order valence-electron chi connectivity index (χ0n) is 16.1. The Balaban J connectivity index is 2.02. The number of ether oxygens (including phenoxy) is 4. The molecule has 3 rings (SSSR count). The number of aromatic amines is 1. The van der Waals surface area contributed by atoms with Gasteiger partial charge < -0.3 is 18.9 Å². The van der Waals surface area contributed by atoms with Crippen LogP contribution in [0.4, 0.5) is 0 Å². The molecule has 0 fully saturated rings. The van der Waals surface area contributed by atoms with Gasteiger partial charge in [0.15, 0.2) is 11.5 Å². The summed E-state index contributed by atoms with van der Waals surface area (Å²) in [7, 11) is 2.86. The van der Waals surface area contributed by atoms with E-state index in [9.17, 15) is 9.59 Å². The second-order valence-electron chi connectivity index (χ2n) is 6.02. The number of benzene rings is 1. The lowest BCUT2D eigenvalue weighted by Gasteiger charge is -2.21. The van der Waals surface area contributed by atoms with E-state index in [2.05, 4.69) is 15.3 Å². The van der Waals surface area contributed by atoms with Gasteiger partial charge in [-0.3, -0.25) is 14.7 Å². The number of methoxy groups -OCH3 is 2. The van der Waals surface area contributed by atoms with Crippen molar-refractivity contribution in [1.82, 2.24) is 15.2 Å². The molecule has 1 atom stereocenters. The van der Waals surface area contributed by atoms with Crippen LogP contribution in [0.25, 0.3) is 0 Å². The maximum atomic E-state index is 12.1. The SMILES string of the molecule is COc1cc([C@@H]2OC(c3cc(C)[nH]n3)=NN2C(C)=O)cc(OC)c1OC(C)=O. The van der Waals surface area contributed by atoms with Crippen LogP contribution in [-0.4, -0.2) is 47.2 Å². The molecule has 0 spiro atoms. The zero-order valence-corrected chi connectivity index (χ0v) is 16.1. The summed E-state index contributed by atoms with van der Waals surface area (Å²) in [6.07, 6.45) is -0.862. The van der Waals surface area contributed by atoms with Gasteiger partial charge in [-0.1, -0.05) is 0 Å². The fraction of sp³-hybridized carbons (Fsp3) is 0.333. The Morgan fingerprint density at radius 3 is 2.25 bits per heavy atom. The minimum Gasteiger partial charge on any atom is -0.493 e. The molecule has 1 aromatic carbocycles. The Morgan fingerprint density at radius 2 is 1.79 bits per heavy atom. The summed E-state index contributed by atoms with van der Waals surface area (Å²) < 4.78 is 21.7. The highest BCUT2D eigenvalue weighted by molar-refractivity contribution is 5.94. The van der Waals surface area contributed by atoms with Crippen LogP contribution >= 0.6 is 0 Å². The summed E-state index contributed by atoms with van der Waals surface area (Å²) >= 11 is 0. The molecule has 0 bridgehead atoms. The Bertz CT molecular complexity index is 926. The van der Waals surface area contributed by atoms with Crippen LogP contribution in [0.2, 0.25) is 0 Å². The number of carbonyl (C=O) groups is 2. The molecule has 0 radical (unpaired) electrons. The number of nitrogens with zero attached hydrogens (tertiary/aromatic N) is 3. The Morgan fingerprint density at radius 1 is 1.14 bits per heavy atom. The number of nitrogens with one attached hydrogen (secondary N) is 1. The third-order valence-electron chi connectivity index (χ3n) is 3.91. The molecule has 10 nitrogen and oxygen atoms in total. The third-order valence-corrected chi connectivity index (χ3v) is 3.91. The normalized spacial score (nSPS) is 15.7. The molecule has 1 amide bonds. The first-order valence-electron chi connectivity index (χ1n) is 8.35. The van der Waals surface area contributed by atoms with E-state index < -0.39 is 12.2 Å². The molecule has 0 aliphatic carbocycles. The molecule has 0 saturated carbocycles. The van der Waals surface area contributed by atoms with Crippen molar-refractivity contribution in [2.24, 2.45) is 5.10 Å². The second kappa shape index (κ2) is 7.59. The van der Waals surface area contributed by atoms with Crippen LogP contribution in [0.5, 0.6) is 17.2 Å². The minimum atomic E-state index is -0.862. The smallest absolute Gasteiger partial charge is 0.308 e. The van der Waals surface area contributed by atoms with E-state index in [-0.39, 0.29) is 29.1 Å². The van der Waals surface area contributed by atoms with Crippen LogP contribution in [0.3, 0.4) is 0 Å². The Labute approximate surface area is 161 Å². The van der Waals surface area contributed by atoms with Gasteiger partial charge in [0.1, 0.15) is 5.69 Å². The van der Waals surface area contributed by atoms with Crippen molar-refractivity contribution in [3.8, 4) is 17.2 Å². The minimum absolute atomic E-state index is 0.137. The number of amides is 1. The molecule has 1 aliphatic rings. The number of aryl methyl sites for hydroxylation is 1. The number of hydrogen-bond donors (Lipinski definition) is 1. The van der Waals surface area contributed by atoms with Gasteiger partial charge in [0.25, 0.3) is 5.90 Å². The van der Waals surface area contributed by atoms with E-state index in [1.165, 1.54) is 33.1 Å². The van der Waals surface area contributed by atoms with Crippen molar-refractivity contribution in [3.63, 3.8) is 0 Å². The van der Waals surface area contributed by atoms with Crippen molar-refractivity contribution >= 4 is 17.8 Å². The van der Waals surface area contributed by atoms with Gasteiger partial charge in [0, 0.05) is 25.1 Å². The largest absolute Gasteiger partial charge is 0.493 e. The predicted octanol–water partition coefficient (Wildman–Crippen LogP) is 1.90. The van der Waals surface area contributed by atoms with Gasteiger partial charge in [0.2, 0.25) is 17.9 Å². The number of hydrazone groups is 1. The molecule has 2 heterocycles. The van der Waals surface area contributed by atoms with Crippen LogP contribution in [0.1, 0.15) is 37.0 Å². The molecule has 0 unspecified atom stereocenters. The zero-order chi connectivity index (χ0) is 20.4. The Kier molecular flexibility index (Phi) is 5.21. The molecule has 10 heteroatoms. The quantitative estimate of drug-likeness (QED) is 0.614. The molecule has 28 heavy (non-hydrogen) atoms. The summed E-state index contributed by atoms with van der Waals surface area (Å²) in [6.45, 7) is 4.49. The van der Waals surface area contributed by atoms with E-state index in [1.54, 1.807) is 18.2 Å². The third kappa shape index (κ3) is 3.61. The first-order chi connectivity index (χ1) is 13.3. The lowest BCUT2D eigenvalue weighted by Crippen LogP contribution is -2.25. The van der Waals surface area contributed by atoms with Crippen molar-refractivity contribution in [3.05, 3.63) is 35.2 Å². The molecule has 1 N–H and O–H groups in total. The molecule has 148 valence electrons. The van der Waals surface area contributed by atoms with Gasteiger partial charge in [-0.05, 0) is 25.1 Å². The maximum absolute atomic E-state index is 12.1. The standard InChI is InChI=1S/C18H20N4O6/c1-9-6-13(20-19-9)17-21-22(10(2)23)18(28-17)12-7-14(25-4)16(27-11(3)24)15(8-12)26-5/h6-8,18H,1-5H3,(H,19,20)/t18-/m0/s1. The van der Waals surface area contributed by atoms with Crippen LogP contribution < -0.4 is 14.2 Å². The van der Waals surface area contributed by atoms with E-state index >= 15 is 0 Å². The number of H-pyrrole nitrogens is 1. The molecule has 2 aromatic rings. The number of aromatic nitrogens is 2. The molecular formula is C18H20N4O6. The second-order valence-corrected chi connectivity index (χ2v) is 6.02. The number of esters is 1. The van der Waals surface area contributed by atoms with Crippen LogP contribution in [-0.2, 0) is 14.3 Å². The maximum Gasteiger partial charge on any atom is 0.308 e. The van der Waals surface area contributed by atoms with Gasteiger partial charge >= 0.3 is 5.97 Å². The summed E-state index contributed by atoms with van der Waals surface area (Å²) in [6, 6.07) is 4.94. The van der Waals surface area contributed by atoms with Crippen molar-refractivity contribution in [2.75, 3.05) is 14.2 Å². The van der Waals surface area contributed by atoms with E-state index in [0.29, 0.717) is 11.3 Å². The van der Waals surface area contributed by atoms with E-state index in [1.807, 2.05) is 6.92 Å². The van der Waals surface area contributed by atoms with E-state index in [4.69, 9.17) is 18.9 Å². The van der Waals surface area contributed by atoms with Crippen LogP contribution in [0.15, 0.2) is 23.3 Å². The summed E-state index contributed by atoms with van der Waals surface area (Å²) in [4.78, 5) is 23.5. The van der Waals surface area contributed by atoms with Crippen molar-refractivity contribution in [2.45, 2.75) is 27.0 Å². The fourth-order valence-electron chi connectivity index (χ4n) is 2.70. The number of rotatable bonds is 5. The highest BCUT2D eigenvalue weighted by Gasteiger charge is 2.35. The summed E-state index contributed by atoms with van der Waals surface area (Å²) in [5.74, 6) is -0.00808. The predicted molar refractivity (Wildman–Crippen MR) is 97.1 cm³/mol. The molecule has 0 saturated heterocycles. The number of hydrogen-bond acceptors (Lipinski definition) is 8. The lowest BCUT2D eigenvalue weighted by atomic mass is 10.1. The fourth-order valence-corrected chi connectivity index (χ4v) is 2.70. The van der Waals surface area contributed by atoms with Crippen molar-refractivity contribution in [1.29, 1.82) is 0 Å². The summed E-state index contributed by atoms with van der Waals surface area (Å²) in [5.41, 5.74) is 1.82.